The third-order valence-corrected chi connectivity index (χ3v) is 7.38. The Balaban J connectivity index is 1.23. The normalized spacial score (nSPS) is 14.5. The van der Waals surface area contributed by atoms with E-state index in [2.05, 4.69) is 36.9 Å². The minimum Gasteiger partial charge on any atom is -0.506 e. The maximum atomic E-state index is 12.9. The highest BCUT2D eigenvalue weighted by atomic mass is 32.2. The second-order valence-electron chi connectivity index (χ2n) is 9.91. The molecule has 0 radical (unpaired) electrons. The number of nitrogens with one attached hydrogen (secondary N) is 4. The van der Waals surface area contributed by atoms with Gasteiger partial charge in [0.15, 0.2) is 11.1 Å². The zero-order chi connectivity index (χ0) is 34.4. The summed E-state index contributed by atoms with van der Waals surface area (Å²) in [6, 6.07) is 17.7. The Morgan fingerprint density at radius 3 is 2.06 bits per heavy atom. The van der Waals surface area contributed by atoms with Gasteiger partial charge in [0.2, 0.25) is 10.9 Å². The van der Waals surface area contributed by atoms with Crippen molar-refractivity contribution in [2.45, 2.75) is 4.90 Å². The van der Waals surface area contributed by atoms with Crippen LogP contribution in [0, 0.1) is 0 Å². The van der Waals surface area contributed by atoms with Crippen molar-refractivity contribution in [3.63, 3.8) is 0 Å². The first-order chi connectivity index (χ1) is 22.9. The quantitative estimate of drug-likeness (QED) is 0.0573. The summed E-state index contributed by atoms with van der Waals surface area (Å²) in [5, 5.41) is 23.8. The minimum atomic E-state index is -4.57. The number of nitrogens with two attached hydrogens (primary N) is 1. The van der Waals surface area contributed by atoms with Gasteiger partial charge in [0.1, 0.15) is 16.8 Å². The molecule has 0 aromatic heterocycles. The van der Waals surface area contributed by atoms with E-state index in [0.29, 0.717) is 28.3 Å². The fraction of sp³-hybridized carbons (Fsp3) is 0. The molecule has 8 N–H and O–H groups in total. The molecule has 0 bridgehead atoms. The van der Waals surface area contributed by atoms with Gasteiger partial charge < -0.3 is 16.2 Å². The number of aromatic hydroxyl groups is 1. The van der Waals surface area contributed by atoms with E-state index in [1.165, 1.54) is 42.5 Å². The number of allylic oxidation sites excluding steroid dienone is 3. The van der Waals surface area contributed by atoms with Crippen LogP contribution in [-0.4, -0.2) is 35.5 Å². The lowest BCUT2D eigenvalue weighted by atomic mass is 10.1. The van der Waals surface area contributed by atoms with E-state index in [1.54, 1.807) is 24.3 Å². The summed E-state index contributed by atoms with van der Waals surface area (Å²) in [6.07, 6.45) is 4.12. The number of ketones is 1. The average molecular weight is 669 g/mol. The van der Waals surface area contributed by atoms with Gasteiger partial charge in [0.25, 0.3) is 16.0 Å². The van der Waals surface area contributed by atoms with Crippen molar-refractivity contribution in [2.24, 2.45) is 21.0 Å². The monoisotopic (exact) mass is 668 g/mol. The van der Waals surface area contributed by atoms with Gasteiger partial charge in [-0.05, 0) is 91.0 Å². The number of carbonyl (C=O) groups excluding carboxylic acids is 2. The summed E-state index contributed by atoms with van der Waals surface area (Å²) in [5.74, 6) is -1.05. The number of phenolic OH excluding ortho intramolecular Hbond substituents is 1. The second kappa shape index (κ2) is 13.7. The van der Waals surface area contributed by atoms with Crippen LogP contribution in [0.5, 0.6) is 5.75 Å². The fourth-order valence-electron chi connectivity index (χ4n) is 4.03. The summed E-state index contributed by atoms with van der Waals surface area (Å²) in [5.41, 5.74) is 14.1. The summed E-state index contributed by atoms with van der Waals surface area (Å²) < 4.78 is 32.0. The lowest BCUT2D eigenvalue weighted by molar-refractivity contribution is -0.110. The molecule has 1 aliphatic carbocycles. The molecule has 0 atom stereocenters. The van der Waals surface area contributed by atoms with Crippen LogP contribution in [0.15, 0.2) is 133 Å². The van der Waals surface area contributed by atoms with Gasteiger partial charge in [0, 0.05) is 17.3 Å². The summed E-state index contributed by atoms with van der Waals surface area (Å²) in [6.45, 7) is 0. The molecule has 1 amide bonds. The standard InChI is InChI=1S/C31H24N8O8S/c32-23-15-21(40)9-11-24(23)36-34-20-7-5-18(6-8-20)33-31(44)17-1-3-19(4-2-17)35-39-29-28(42)14-12-25(30(29)43)37-38-26-16-22(48(45,46)47)10-13-27(26)41/h1-16,34-35,38,41H,32H2,(H,33,44)(H,45,46,47)/b36-24?,37-25-,39-29+. The topological polar surface area (TPSA) is 254 Å². The number of carbonyl (C=O) groups is 2. The smallest absolute Gasteiger partial charge is 0.294 e. The number of phenols is 1. The van der Waals surface area contributed by atoms with Crippen LogP contribution in [0.2, 0.25) is 0 Å². The SMILES string of the molecule is NC1=CC(=O)C=CC1=NNc1ccc(NC(=O)c2ccc(N/N=c3\c(=O)cc/c(=N/Nc4cc(S(=O)(=O)O)ccc4O)c3=O)cc2)cc1. The van der Waals surface area contributed by atoms with Gasteiger partial charge in [0.05, 0.1) is 27.7 Å². The molecule has 16 nitrogen and oxygen atoms in total. The van der Waals surface area contributed by atoms with Crippen LogP contribution in [0.3, 0.4) is 0 Å². The first kappa shape index (κ1) is 32.7. The summed E-state index contributed by atoms with van der Waals surface area (Å²) in [4.78, 5) is 48.8. The Labute approximate surface area is 270 Å². The number of rotatable bonds is 9. The number of amides is 1. The number of anilines is 4. The van der Waals surface area contributed by atoms with Gasteiger partial charge in [-0.25, -0.2) is 0 Å². The molecule has 4 aromatic rings. The predicted octanol–water partition coefficient (Wildman–Crippen LogP) is 1.09. The lowest BCUT2D eigenvalue weighted by Crippen LogP contribution is -2.47. The third kappa shape index (κ3) is 7.91. The molecular weight excluding hydrogens is 644 g/mol. The number of nitrogens with zero attached hydrogens (tertiary/aromatic N) is 3. The average Bonchev–Trinajstić information content (AvgIpc) is 3.05. The number of hydrazone groups is 1. The van der Waals surface area contributed by atoms with E-state index in [-0.39, 0.29) is 22.5 Å². The Morgan fingerprint density at radius 2 is 1.40 bits per heavy atom. The molecule has 1 aliphatic rings. The number of hydrogen-bond donors (Lipinski definition) is 7. The van der Waals surface area contributed by atoms with Crippen molar-refractivity contribution in [1.29, 1.82) is 0 Å². The van der Waals surface area contributed by atoms with Crippen molar-refractivity contribution in [3.05, 3.63) is 140 Å². The number of benzene rings is 4. The van der Waals surface area contributed by atoms with E-state index in [0.717, 1.165) is 30.3 Å². The third-order valence-electron chi connectivity index (χ3n) is 6.53. The highest BCUT2D eigenvalue weighted by Gasteiger charge is 2.13. The Bertz CT molecular complexity index is 2360. The molecule has 0 spiro atoms. The highest BCUT2D eigenvalue weighted by Crippen LogP contribution is 2.26. The van der Waals surface area contributed by atoms with Crippen molar-refractivity contribution in [1.82, 2.24) is 0 Å². The fourth-order valence-corrected chi connectivity index (χ4v) is 4.54. The molecule has 0 saturated heterocycles. The van der Waals surface area contributed by atoms with Crippen molar-refractivity contribution < 1.29 is 27.7 Å². The largest absolute Gasteiger partial charge is 0.506 e. The van der Waals surface area contributed by atoms with E-state index in [1.807, 2.05) is 0 Å². The number of hydrogen-bond acceptors (Lipinski definition) is 14. The van der Waals surface area contributed by atoms with Crippen molar-refractivity contribution in [3.8, 4) is 5.75 Å². The van der Waals surface area contributed by atoms with E-state index in [9.17, 15) is 37.3 Å². The Kier molecular flexibility index (Phi) is 9.34. The van der Waals surface area contributed by atoms with Gasteiger partial charge in [-0.2, -0.15) is 23.7 Å². The van der Waals surface area contributed by atoms with E-state index in [4.69, 9.17) is 5.73 Å². The highest BCUT2D eigenvalue weighted by molar-refractivity contribution is 7.85. The van der Waals surface area contributed by atoms with Crippen LogP contribution < -0.4 is 48.9 Å². The maximum Gasteiger partial charge on any atom is 0.294 e. The van der Waals surface area contributed by atoms with E-state index >= 15 is 0 Å². The molecular formula is C31H24N8O8S. The molecule has 0 aliphatic heterocycles. The molecule has 48 heavy (non-hydrogen) atoms. The summed E-state index contributed by atoms with van der Waals surface area (Å²) >= 11 is 0. The van der Waals surface area contributed by atoms with Crippen molar-refractivity contribution in [2.75, 3.05) is 21.6 Å². The van der Waals surface area contributed by atoms with Gasteiger partial charge >= 0.3 is 0 Å². The Hall–Kier alpha value is -6.72. The van der Waals surface area contributed by atoms with E-state index < -0.39 is 42.9 Å². The minimum absolute atomic E-state index is 0.219. The maximum absolute atomic E-state index is 12.9. The van der Waals surface area contributed by atoms with Crippen LogP contribution >= 0.6 is 0 Å². The summed E-state index contributed by atoms with van der Waals surface area (Å²) in [7, 11) is -4.57. The van der Waals surface area contributed by atoms with Crippen LogP contribution in [0.4, 0.5) is 22.7 Å². The molecule has 17 heteroatoms. The van der Waals surface area contributed by atoms with Crippen molar-refractivity contribution >= 4 is 50.3 Å². The lowest BCUT2D eigenvalue weighted by Gasteiger charge is -2.09. The molecule has 242 valence electrons. The van der Waals surface area contributed by atoms with Crippen LogP contribution in [0.25, 0.3) is 0 Å². The second-order valence-corrected chi connectivity index (χ2v) is 11.3. The van der Waals surface area contributed by atoms with Crippen LogP contribution in [-0.2, 0) is 14.9 Å². The van der Waals surface area contributed by atoms with Crippen LogP contribution in [0.1, 0.15) is 10.4 Å². The van der Waals surface area contributed by atoms with Gasteiger partial charge in [-0.3, -0.25) is 40.0 Å². The Morgan fingerprint density at radius 1 is 0.750 bits per heavy atom. The zero-order valence-electron chi connectivity index (χ0n) is 24.4. The van der Waals surface area contributed by atoms with Gasteiger partial charge in [-0.1, -0.05) is 0 Å². The first-order valence-corrected chi connectivity index (χ1v) is 15.1. The molecule has 4 aromatic carbocycles. The molecule has 0 heterocycles. The van der Waals surface area contributed by atoms with Gasteiger partial charge in [-0.15, -0.1) is 0 Å². The predicted molar refractivity (Wildman–Crippen MR) is 176 cm³/mol. The first-order valence-electron chi connectivity index (χ1n) is 13.7. The molecule has 0 saturated carbocycles. The molecule has 5 rings (SSSR count). The zero-order valence-corrected chi connectivity index (χ0v) is 25.2. The molecule has 0 unspecified atom stereocenters. The molecule has 0 fully saturated rings.